The van der Waals surface area contributed by atoms with E-state index in [1.807, 2.05) is 26.0 Å². The van der Waals surface area contributed by atoms with Crippen molar-refractivity contribution in [1.29, 1.82) is 0 Å². The fourth-order valence-electron chi connectivity index (χ4n) is 2.36. The third-order valence-corrected chi connectivity index (χ3v) is 5.18. The van der Waals surface area contributed by atoms with E-state index in [1.54, 1.807) is 36.5 Å². The van der Waals surface area contributed by atoms with E-state index in [9.17, 15) is 14.4 Å². The topological polar surface area (TPSA) is 84.5 Å². The molecule has 8 heteroatoms. The van der Waals surface area contributed by atoms with Crippen molar-refractivity contribution in [1.82, 2.24) is 10.9 Å². The van der Waals surface area contributed by atoms with Crippen LogP contribution in [0.5, 0.6) is 5.75 Å². The molecule has 0 aliphatic heterocycles. The Bertz CT molecular complexity index is 850. The SMILES string of the molecule is Cc1cc(C(=O)CCC(=O)NNC(=O)C(C)Oc2cccc(Br)c2)c(C)s1. The highest BCUT2D eigenvalue weighted by molar-refractivity contribution is 9.10. The molecule has 1 heterocycles. The van der Waals surface area contributed by atoms with Crippen molar-refractivity contribution in [3.05, 3.63) is 50.1 Å². The lowest BCUT2D eigenvalue weighted by Crippen LogP contribution is -2.47. The summed E-state index contributed by atoms with van der Waals surface area (Å²) in [6.07, 6.45) is -0.713. The largest absolute Gasteiger partial charge is 0.481 e. The quantitative estimate of drug-likeness (QED) is 0.495. The van der Waals surface area contributed by atoms with Gasteiger partial charge in [-0.1, -0.05) is 22.0 Å². The van der Waals surface area contributed by atoms with Gasteiger partial charge in [0.25, 0.3) is 5.91 Å². The molecule has 0 saturated heterocycles. The fourth-order valence-corrected chi connectivity index (χ4v) is 3.68. The predicted molar refractivity (Wildman–Crippen MR) is 108 cm³/mol. The van der Waals surface area contributed by atoms with Crippen LogP contribution in [-0.4, -0.2) is 23.7 Å². The van der Waals surface area contributed by atoms with E-state index in [0.717, 1.165) is 14.2 Å². The number of aryl methyl sites for hydroxylation is 2. The number of carbonyl (C=O) groups excluding carboxylic acids is 3. The van der Waals surface area contributed by atoms with Gasteiger partial charge in [0.05, 0.1) is 0 Å². The third-order valence-electron chi connectivity index (χ3n) is 3.72. The van der Waals surface area contributed by atoms with Crippen LogP contribution in [0.3, 0.4) is 0 Å². The molecule has 27 heavy (non-hydrogen) atoms. The molecule has 0 fully saturated rings. The van der Waals surface area contributed by atoms with E-state index >= 15 is 0 Å². The molecular formula is C19H21BrN2O4S. The normalized spacial score (nSPS) is 11.6. The number of halogens is 1. The number of carbonyl (C=O) groups is 3. The summed E-state index contributed by atoms with van der Waals surface area (Å²) in [7, 11) is 0. The Labute approximate surface area is 170 Å². The van der Waals surface area contributed by atoms with Gasteiger partial charge in [0.15, 0.2) is 11.9 Å². The van der Waals surface area contributed by atoms with Crippen molar-refractivity contribution in [3.63, 3.8) is 0 Å². The van der Waals surface area contributed by atoms with E-state index in [-0.39, 0.29) is 18.6 Å². The summed E-state index contributed by atoms with van der Waals surface area (Å²) in [5.74, 6) is -0.468. The molecule has 0 radical (unpaired) electrons. The number of rotatable bonds is 7. The van der Waals surface area contributed by atoms with Gasteiger partial charge in [-0.15, -0.1) is 11.3 Å². The first-order valence-corrected chi connectivity index (χ1v) is 9.98. The van der Waals surface area contributed by atoms with Gasteiger partial charge in [0.2, 0.25) is 5.91 Å². The van der Waals surface area contributed by atoms with E-state index < -0.39 is 17.9 Å². The van der Waals surface area contributed by atoms with Crippen molar-refractivity contribution in [2.75, 3.05) is 0 Å². The fraction of sp³-hybridized carbons (Fsp3) is 0.316. The molecule has 6 nitrogen and oxygen atoms in total. The number of nitrogens with one attached hydrogen (secondary N) is 2. The van der Waals surface area contributed by atoms with Crippen LogP contribution in [0.15, 0.2) is 34.8 Å². The number of amides is 2. The van der Waals surface area contributed by atoms with Gasteiger partial charge in [0, 0.05) is 32.6 Å². The number of hydrogen-bond donors (Lipinski definition) is 2. The number of ketones is 1. The van der Waals surface area contributed by atoms with Gasteiger partial charge in [-0.25, -0.2) is 0 Å². The van der Waals surface area contributed by atoms with Crippen molar-refractivity contribution >= 4 is 44.9 Å². The standard InChI is InChI=1S/C19H21BrN2O4S/c1-11-9-16(13(3)27-11)17(23)7-8-18(24)21-22-19(25)12(2)26-15-6-4-5-14(20)10-15/h4-6,9-10,12H,7-8H2,1-3H3,(H,21,24)(H,22,25). The minimum absolute atomic E-state index is 0.00564. The first-order valence-electron chi connectivity index (χ1n) is 8.37. The number of ether oxygens (including phenoxy) is 1. The summed E-state index contributed by atoms with van der Waals surface area (Å²) in [6, 6.07) is 8.94. The first-order chi connectivity index (χ1) is 12.8. The Morgan fingerprint density at radius 1 is 1.15 bits per heavy atom. The van der Waals surface area contributed by atoms with Crippen LogP contribution < -0.4 is 15.6 Å². The van der Waals surface area contributed by atoms with E-state index in [4.69, 9.17) is 4.74 Å². The molecule has 1 aromatic carbocycles. The molecule has 144 valence electrons. The van der Waals surface area contributed by atoms with E-state index in [1.165, 1.54) is 0 Å². The Kier molecular flexibility index (Phi) is 7.55. The van der Waals surface area contributed by atoms with Crippen molar-refractivity contribution in [2.45, 2.75) is 39.7 Å². The number of benzene rings is 1. The van der Waals surface area contributed by atoms with Crippen LogP contribution in [-0.2, 0) is 9.59 Å². The lowest BCUT2D eigenvalue weighted by Gasteiger charge is -2.15. The Morgan fingerprint density at radius 3 is 2.52 bits per heavy atom. The molecule has 2 aromatic rings. The van der Waals surface area contributed by atoms with Crippen molar-refractivity contribution < 1.29 is 19.1 Å². The number of thiophene rings is 1. The summed E-state index contributed by atoms with van der Waals surface area (Å²) in [5, 5.41) is 0. The Morgan fingerprint density at radius 2 is 1.89 bits per heavy atom. The van der Waals surface area contributed by atoms with Crippen LogP contribution in [0.25, 0.3) is 0 Å². The molecule has 0 aliphatic rings. The van der Waals surface area contributed by atoms with Crippen LogP contribution in [0.2, 0.25) is 0 Å². The summed E-state index contributed by atoms with van der Waals surface area (Å²) in [5.41, 5.74) is 5.28. The monoisotopic (exact) mass is 452 g/mol. The minimum atomic E-state index is -0.794. The van der Waals surface area contributed by atoms with E-state index in [0.29, 0.717) is 11.3 Å². The first kappa shape index (κ1) is 21.1. The second-order valence-electron chi connectivity index (χ2n) is 6.00. The van der Waals surface area contributed by atoms with Crippen molar-refractivity contribution in [3.8, 4) is 5.75 Å². The zero-order valence-corrected chi connectivity index (χ0v) is 17.7. The summed E-state index contributed by atoms with van der Waals surface area (Å²) < 4.78 is 6.35. The van der Waals surface area contributed by atoms with Gasteiger partial charge in [-0.05, 0) is 45.0 Å². The highest BCUT2D eigenvalue weighted by Gasteiger charge is 2.17. The highest BCUT2D eigenvalue weighted by atomic mass is 79.9. The molecule has 1 aromatic heterocycles. The molecule has 0 bridgehead atoms. The molecule has 0 spiro atoms. The van der Waals surface area contributed by atoms with Gasteiger partial charge >= 0.3 is 0 Å². The summed E-state index contributed by atoms with van der Waals surface area (Å²) in [6.45, 7) is 5.40. The molecule has 1 atom stereocenters. The van der Waals surface area contributed by atoms with Gasteiger partial charge < -0.3 is 4.74 Å². The maximum Gasteiger partial charge on any atom is 0.279 e. The second kappa shape index (κ2) is 9.66. The highest BCUT2D eigenvalue weighted by Crippen LogP contribution is 2.22. The zero-order chi connectivity index (χ0) is 20.0. The summed E-state index contributed by atoms with van der Waals surface area (Å²) in [4.78, 5) is 38.1. The van der Waals surface area contributed by atoms with Gasteiger partial charge in [0.1, 0.15) is 5.75 Å². The number of hydrogen-bond acceptors (Lipinski definition) is 5. The van der Waals surface area contributed by atoms with E-state index in [2.05, 4.69) is 26.8 Å². The number of hydrazine groups is 1. The Hall–Kier alpha value is -2.19. The molecule has 0 saturated carbocycles. The summed E-state index contributed by atoms with van der Waals surface area (Å²) >= 11 is 4.88. The molecule has 1 unspecified atom stereocenters. The Balaban J connectivity index is 1.75. The van der Waals surface area contributed by atoms with Crippen LogP contribution in [0, 0.1) is 13.8 Å². The minimum Gasteiger partial charge on any atom is -0.481 e. The number of Topliss-reactive ketones (excluding diaryl/α,β-unsaturated/α-hetero) is 1. The van der Waals surface area contributed by atoms with Crippen LogP contribution >= 0.6 is 27.3 Å². The second-order valence-corrected chi connectivity index (χ2v) is 8.38. The van der Waals surface area contributed by atoms with Gasteiger partial charge in [-0.2, -0.15) is 0 Å². The molecule has 2 rings (SSSR count). The maximum absolute atomic E-state index is 12.2. The molecule has 0 aliphatic carbocycles. The third kappa shape index (κ3) is 6.48. The average molecular weight is 453 g/mol. The lowest BCUT2D eigenvalue weighted by atomic mass is 10.1. The average Bonchev–Trinajstić information content (AvgIpc) is 2.95. The van der Waals surface area contributed by atoms with Crippen LogP contribution in [0.4, 0.5) is 0 Å². The zero-order valence-electron chi connectivity index (χ0n) is 15.3. The van der Waals surface area contributed by atoms with Crippen LogP contribution in [0.1, 0.15) is 39.9 Å². The lowest BCUT2D eigenvalue weighted by molar-refractivity contribution is -0.132. The van der Waals surface area contributed by atoms with Crippen molar-refractivity contribution in [2.24, 2.45) is 0 Å². The maximum atomic E-state index is 12.2. The molecular weight excluding hydrogens is 432 g/mol. The molecule has 2 amide bonds. The smallest absolute Gasteiger partial charge is 0.279 e. The molecule has 2 N–H and O–H groups in total. The van der Waals surface area contributed by atoms with Gasteiger partial charge in [-0.3, -0.25) is 25.2 Å². The predicted octanol–water partition coefficient (Wildman–Crippen LogP) is 3.71.